The van der Waals surface area contributed by atoms with Crippen molar-refractivity contribution in [2.24, 2.45) is 0 Å². The summed E-state index contributed by atoms with van der Waals surface area (Å²) in [6, 6.07) is 18.0. The average Bonchev–Trinajstić information content (AvgIpc) is 2.87. The van der Waals surface area contributed by atoms with Gasteiger partial charge in [-0.2, -0.15) is 0 Å². The van der Waals surface area contributed by atoms with Crippen LogP contribution < -0.4 is 19.1 Å². The molecule has 0 radical (unpaired) electrons. The zero-order chi connectivity index (χ0) is 25.0. The fourth-order valence-electron chi connectivity index (χ4n) is 4.24. The van der Waals surface area contributed by atoms with Crippen molar-refractivity contribution in [2.45, 2.75) is 30.2 Å². The number of nitrogens with zero attached hydrogens (tertiary/aromatic N) is 1. The first kappa shape index (κ1) is 24.9. The Morgan fingerprint density at radius 3 is 2.31 bits per heavy atom. The molecule has 184 valence electrons. The minimum Gasteiger partial charge on any atom is -0.497 e. The van der Waals surface area contributed by atoms with Gasteiger partial charge in [0.2, 0.25) is 5.91 Å². The number of fused-ring (bicyclic) bond motifs is 1. The van der Waals surface area contributed by atoms with Gasteiger partial charge in [-0.1, -0.05) is 17.7 Å². The molecule has 35 heavy (non-hydrogen) atoms. The van der Waals surface area contributed by atoms with E-state index in [4.69, 9.17) is 21.1 Å². The molecule has 3 aromatic carbocycles. The summed E-state index contributed by atoms with van der Waals surface area (Å²) >= 11 is 6.01. The maximum absolute atomic E-state index is 13.6. The molecular weight excluding hydrogens is 488 g/mol. The molecule has 0 heterocycles. The Morgan fingerprint density at radius 2 is 1.66 bits per heavy atom. The lowest BCUT2D eigenvalue weighted by atomic mass is 9.87. The predicted molar refractivity (Wildman–Crippen MR) is 136 cm³/mol. The summed E-state index contributed by atoms with van der Waals surface area (Å²) in [6.07, 6.45) is 2.59. The number of benzene rings is 3. The number of anilines is 1. The van der Waals surface area contributed by atoms with Crippen LogP contribution in [0.2, 0.25) is 5.02 Å². The zero-order valence-electron chi connectivity index (χ0n) is 19.5. The van der Waals surface area contributed by atoms with Gasteiger partial charge in [-0.15, -0.1) is 0 Å². The first-order chi connectivity index (χ1) is 16.8. The molecule has 0 saturated heterocycles. The van der Waals surface area contributed by atoms with Crippen molar-refractivity contribution in [2.75, 3.05) is 25.1 Å². The van der Waals surface area contributed by atoms with Crippen LogP contribution in [0.3, 0.4) is 0 Å². The smallest absolute Gasteiger partial charge is 0.264 e. The molecular formula is C26H27ClN2O5S. The zero-order valence-corrected chi connectivity index (χ0v) is 21.1. The summed E-state index contributed by atoms with van der Waals surface area (Å²) in [7, 11) is -0.909. The molecule has 0 aromatic heterocycles. The minimum atomic E-state index is -4.04. The number of aryl methyl sites for hydroxylation is 1. The second-order valence-corrected chi connectivity index (χ2v) is 10.5. The van der Waals surface area contributed by atoms with E-state index in [2.05, 4.69) is 5.32 Å². The molecule has 1 N–H and O–H groups in total. The number of hydrogen-bond acceptors (Lipinski definition) is 5. The van der Waals surface area contributed by atoms with Crippen molar-refractivity contribution in [3.8, 4) is 11.5 Å². The van der Waals surface area contributed by atoms with Crippen LogP contribution in [0.1, 0.15) is 30.0 Å². The van der Waals surface area contributed by atoms with Gasteiger partial charge in [0.1, 0.15) is 18.0 Å². The van der Waals surface area contributed by atoms with Crippen LogP contribution in [-0.2, 0) is 21.2 Å². The molecule has 1 amide bonds. The Labute approximate surface area is 210 Å². The average molecular weight is 515 g/mol. The van der Waals surface area contributed by atoms with Gasteiger partial charge < -0.3 is 14.8 Å². The van der Waals surface area contributed by atoms with Gasteiger partial charge in [0.25, 0.3) is 10.0 Å². The molecule has 9 heteroatoms. The van der Waals surface area contributed by atoms with Crippen molar-refractivity contribution in [3.63, 3.8) is 0 Å². The lowest BCUT2D eigenvalue weighted by molar-refractivity contribution is -0.120. The first-order valence-corrected chi connectivity index (χ1v) is 13.0. The topological polar surface area (TPSA) is 84.9 Å². The summed E-state index contributed by atoms with van der Waals surface area (Å²) in [5, 5.41) is 3.50. The van der Waals surface area contributed by atoms with E-state index in [1.165, 1.54) is 19.2 Å². The number of carbonyl (C=O) groups is 1. The van der Waals surface area contributed by atoms with E-state index >= 15 is 0 Å². The fourth-order valence-corrected chi connectivity index (χ4v) is 5.78. The standard InChI is InChI=1S/C26H27ClN2O5S/c1-33-21-10-13-23(14-11-21)35(31,32)29(20-8-6-19(27)7-9-20)17-26(30)28-25-5-3-4-18-16-22(34-2)12-15-24(18)25/h6-16,25H,3-5,17H2,1-2H3,(H,28,30). The monoisotopic (exact) mass is 514 g/mol. The molecule has 0 fully saturated rings. The number of ether oxygens (including phenoxy) is 2. The minimum absolute atomic E-state index is 0.0520. The third kappa shape index (κ3) is 5.55. The molecule has 0 spiro atoms. The second-order valence-electron chi connectivity index (χ2n) is 8.24. The normalized spacial score (nSPS) is 15.1. The number of rotatable bonds is 8. The molecule has 0 aliphatic heterocycles. The van der Waals surface area contributed by atoms with Crippen molar-refractivity contribution in [1.82, 2.24) is 5.32 Å². The number of amides is 1. The highest BCUT2D eigenvalue weighted by molar-refractivity contribution is 7.92. The molecule has 1 atom stereocenters. The van der Waals surface area contributed by atoms with E-state index in [1.807, 2.05) is 18.2 Å². The third-order valence-electron chi connectivity index (χ3n) is 6.05. The van der Waals surface area contributed by atoms with Crippen molar-refractivity contribution >= 4 is 33.2 Å². The number of carbonyl (C=O) groups excluding carboxylic acids is 1. The molecule has 0 saturated carbocycles. The second kappa shape index (κ2) is 10.6. The molecule has 3 aromatic rings. The highest BCUT2D eigenvalue weighted by Crippen LogP contribution is 2.32. The van der Waals surface area contributed by atoms with Gasteiger partial charge in [0, 0.05) is 5.02 Å². The van der Waals surface area contributed by atoms with Gasteiger partial charge >= 0.3 is 0 Å². The Balaban J connectivity index is 1.60. The Morgan fingerprint density at radius 1 is 1.00 bits per heavy atom. The number of halogens is 1. The Kier molecular flexibility index (Phi) is 7.52. The Bertz CT molecular complexity index is 1290. The summed E-state index contributed by atoms with van der Waals surface area (Å²) in [4.78, 5) is 13.2. The number of sulfonamides is 1. The number of nitrogens with one attached hydrogen (secondary N) is 1. The van der Waals surface area contributed by atoms with Crippen molar-refractivity contribution in [1.29, 1.82) is 0 Å². The van der Waals surface area contributed by atoms with E-state index < -0.39 is 15.9 Å². The predicted octanol–water partition coefficient (Wildman–Crippen LogP) is 4.75. The van der Waals surface area contributed by atoms with E-state index in [0.29, 0.717) is 16.5 Å². The summed E-state index contributed by atoms with van der Waals surface area (Å²) < 4.78 is 38.7. The van der Waals surface area contributed by atoms with Crippen LogP contribution in [0, 0.1) is 0 Å². The lowest BCUT2D eigenvalue weighted by Gasteiger charge is -2.29. The van der Waals surface area contributed by atoms with Gasteiger partial charge in [0.05, 0.1) is 30.8 Å². The fraction of sp³-hybridized carbons (Fsp3) is 0.269. The van der Waals surface area contributed by atoms with Gasteiger partial charge in [-0.05, 0) is 91.1 Å². The summed E-state index contributed by atoms with van der Waals surface area (Å²) in [5.74, 6) is 0.910. The lowest BCUT2D eigenvalue weighted by Crippen LogP contribution is -2.42. The third-order valence-corrected chi connectivity index (χ3v) is 8.09. The van der Waals surface area contributed by atoms with Crippen LogP contribution in [0.15, 0.2) is 71.6 Å². The molecule has 0 bridgehead atoms. The van der Waals surface area contributed by atoms with Gasteiger partial charge in [0.15, 0.2) is 0 Å². The summed E-state index contributed by atoms with van der Waals surface area (Å²) in [6.45, 7) is -0.377. The maximum Gasteiger partial charge on any atom is 0.264 e. The van der Waals surface area contributed by atoms with Crippen LogP contribution in [0.25, 0.3) is 0 Å². The van der Waals surface area contributed by atoms with Gasteiger partial charge in [-0.3, -0.25) is 9.10 Å². The van der Waals surface area contributed by atoms with Crippen molar-refractivity contribution in [3.05, 3.63) is 82.9 Å². The highest BCUT2D eigenvalue weighted by Gasteiger charge is 2.29. The molecule has 1 unspecified atom stereocenters. The SMILES string of the molecule is COc1ccc(S(=O)(=O)N(CC(=O)NC2CCCc3cc(OC)ccc32)c2ccc(Cl)cc2)cc1. The molecule has 4 rings (SSSR count). The van der Waals surface area contributed by atoms with Crippen LogP contribution >= 0.6 is 11.6 Å². The first-order valence-electron chi connectivity index (χ1n) is 11.2. The van der Waals surface area contributed by atoms with E-state index in [1.54, 1.807) is 43.5 Å². The van der Waals surface area contributed by atoms with Crippen LogP contribution in [0.4, 0.5) is 5.69 Å². The largest absolute Gasteiger partial charge is 0.497 e. The number of hydrogen-bond donors (Lipinski definition) is 1. The Hall–Kier alpha value is -3.23. The highest BCUT2D eigenvalue weighted by atomic mass is 35.5. The molecule has 1 aliphatic carbocycles. The quantitative estimate of drug-likeness (QED) is 0.469. The van der Waals surface area contributed by atoms with Crippen LogP contribution in [-0.4, -0.2) is 35.1 Å². The van der Waals surface area contributed by atoms with E-state index in [0.717, 1.165) is 40.4 Å². The van der Waals surface area contributed by atoms with E-state index in [-0.39, 0.29) is 17.5 Å². The summed E-state index contributed by atoms with van der Waals surface area (Å²) in [5.41, 5.74) is 2.50. The van der Waals surface area contributed by atoms with Crippen LogP contribution in [0.5, 0.6) is 11.5 Å². The van der Waals surface area contributed by atoms with E-state index in [9.17, 15) is 13.2 Å². The molecule has 1 aliphatic rings. The number of methoxy groups -OCH3 is 2. The molecule has 7 nitrogen and oxygen atoms in total. The van der Waals surface area contributed by atoms with Gasteiger partial charge in [-0.25, -0.2) is 8.42 Å². The maximum atomic E-state index is 13.6. The van der Waals surface area contributed by atoms with Crippen molar-refractivity contribution < 1.29 is 22.7 Å².